The van der Waals surface area contributed by atoms with Crippen molar-refractivity contribution in [2.24, 2.45) is 0 Å². The van der Waals surface area contributed by atoms with E-state index >= 15 is 0 Å². The number of rotatable bonds is 3. The minimum atomic E-state index is -1.21. The lowest BCUT2D eigenvalue weighted by Gasteiger charge is -2.37. The molecule has 2 heterocycles. The van der Waals surface area contributed by atoms with E-state index in [0.717, 1.165) is 18.4 Å². The van der Waals surface area contributed by atoms with E-state index in [-0.39, 0.29) is 18.0 Å². The molecule has 7 nitrogen and oxygen atoms in total. The molecule has 3 amide bonds. The Morgan fingerprint density at radius 3 is 2.40 bits per heavy atom. The Hall–Kier alpha value is -2.57. The second kappa shape index (κ2) is 8.66. The van der Waals surface area contributed by atoms with Crippen LogP contribution in [0.3, 0.4) is 0 Å². The Labute approximate surface area is 177 Å². The molecular weight excluding hydrogens is 382 g/mol. The van der Waals surface area contributed by atoms with E-state index in [1.54, 1.807) is 19.1 Å². The number of esters is 1. The lowest BCUT2D eigenvalue weighted by atomic mass is 9.89. The molecule has 0 aromatic heterocycles. The Bertz CT molecular complexity index is 812. The number of benzene rings is 1. The van der Waals surface area contributed by atoms with Crippen molar-refractivity contribution < 1.29 is 19.1 Å². The van der Waals surface area contributed by atoms with Crippen molar-refractivity contribution >= 4 is 17.9 Å². The molecule has 0 bridgehead atoms. The number of ether oxygens (including phenoxy) is 1. The van der Waals surface area contributed by atoms with Gasteiger partial charge in [-0.15, -0.1) is 0 Å². The van der Waals surface area contributed by atoms with E-state index in [0.29, 0.717) is 44.0 Å². The molecule has 30 heavy (non-hydrogen) atoms. The maximum atomic E-state index is 12.9. The van der Waals surface area contributed by atoms with Gasteiger partial charge in [-0.25, -0.2) is 9.59 Å². The lowest BCUT2D eigenvalue weighted by molar-refractivity contribution is -0.140. The largest absolute Gasteiger partial charge is 0.445 e. The minimum Gasteiger partial charge on any atom is -0.445 e. The Balaban J connectivity index is 1.28. The average Bonchev–Trinajstić information content (AvgIpc) is 2.75. The summed E-state index contributed by atoms with van der Waals surface area (Å²) in [6.07, 6.45) is 7.53. The maximum absolute atomic E-state index is 12.9. The number of hydrogen-bond donors (Lipinski definition) is 2. The van der Waals surface area contributed by atoms with Gasteiger partial charge in [0.15, 0.2) is 5.60 Å². The van der Waals surface area contributed by atoms with Crippen molar-refractivity contribution in [2.45, 2.75) is 76.0 Å². The van der Waals surface area contributed by atoms with E-state index in [9.17, 15) is 14.4 Å². The lowest BCUT2D eigenvalue weighted by Crippen LogP contribution is -2.56. The molecule has 1 unspecified atom stereocenters. The van der Waals surface area contributed by atoms with Gasteiger partial charge in [-0.1, -0.05) is 37.5 Å². The van der Waals surface area contributed by atoms with Gasteiger partial charge in [-0.3, -0.25) is 4.79 Å². The SMILES string of the molecule is CC1(C(=O)NC2CCN(C(=O)NC3CCCCC3)CC2)Cc2ccccc2C(=O)O1. The van der Waals surface area contributed by atoms with Gasteiger partial charge < -0.3 is 20.3 Å². The molecule has 2 N–H and O–H groups in total. The number of nitrogens with one attached hydrogen (secondary N) is 2. The third-order valence-electron chi connectivity index (χ3n) is 6.61. The van der Waals surface area contributed by atoms with Gasteiger partial charge in [0.25, 0.3) is 5.91 Å². The summed E-state index contributed by atoms with van der Waals surface area (Å²) in [7, 11) is 0. The highest BCUT2D eigenvalue weighted by Gasteiger charge is 2.43. The maximum Gasteiger partial charge on any atom is 0.339 e. The Morgan fingerprint density at radius 2 is 1.67 bits per heavy atom. The number of piperidine rings is 1. The number of urea groups is 1. The van der Waals surface area contributed by atoms with Gasteiger partial charge >= 0.3 is 12.0 Å². The zero-order valence-corrected chi connectivity index (χ0v) is 17.6. The van der Waals surface area contributed by atoms with E-state index in [1.165, 1.54) is 19.3 Å². The van der Waals surface area contributed by atoms with Gasteiger partial charge in [0.1, 0.15) is 0 Å². The number of carbonyl (C=O) groups is 3. The third kappa shape index (κ3) is 4.45. The standard InChI is InChI=1S/C23H31N3O4/c1-23(15-16-7-5-6-10-19(16)20(27)30-23)21(28)24-18-11-13-26(14-12-18)22(29)25-17-8-3-2-4-9-17/h5-7,10,17-18H,2-4,8-9,11-15H2,1H3,(H,24,28)(H,25,29). The normalized spacial score (nSPS) is 25.2. The summed E-state index contributed by atoms with van der Waals surface area (Å²) < 4.78 is 5.52. The summed E-state index contributed by atoms with van der Waals surface area (Å²) in [5.41, 5.74) is 0.154. The fraction of sp³-hybridized carbons (Fsp3) is 0.609. The van der Waals surface area contributed by atoms with Gasteiger partial charge in [0.2, 0.25) is 0 Å². The summed E-state index contributed by atoms with van der Waals surface area (Å²) in [4.78, 5) is 39.6. The summed E-state index contributed by atoms with van der Waals surface area (Å²) in [6.45, 7) is 2.90. The van der Waals surface area contributed by atoms with Crippen LogP contribution in [0.5, 0.6) is 0 Å². The van der Waals surface area contributed by atoms with Crippen LogP contribution in [0.1, 0.15) is 67.8 Å². The number of hydrogen-bond acceptors (Lipinski definition) is 4. The van der Waals surface area contributed by atoms with E-state index < -0.39 is 11.6 Å². The van der Waals surface area contributed by atoms with Crippen molar-refractivity contribution in [3.05, 3.63) is 35.4 Å². The van der Waals surface area contributed by atoms with Gasteiger partial charge in [-0.05, 0) is 44.2 Å². The zero-order chi connectivity index (χ0) is 21.1. The molecule has 0 spiro atoms. The van der Waals surface area contributed by atoms with Crippen molar-refractivity contribution in [3.63, 3.8) is 0 Å². The molecule has 162 valence electrons. The average molecular weight is 414 g/mol. The molecule has 2 aliphatic heterocycles. The first-order valence-corrected chi connectivity index (χ1v) is 11.1. The van der Waals surface area contributed by atoms with Gasteiger partial charge in [-0.2, -0.15) is 0 Å². The minimum absolute atomic E-state index is 0.0106. The quantitative estimate of drug-likeness (QED) is 0.746. The highest BCUT2D eigenvalue weighted by molar-refractivity contribution is 5.97. The first kappa shape index (κ1) is 20.7. The van der Waals surface area contributed by atoms with Crippen LogP contribution < -0.4 is 10.6 Å². The van der Waals surface area contributed by atoms with Crippen LogP contribution in [-0.4, -0.2) is 53.6 Å². The summed E-state index contributed by atoms with van der Waals surface area (Å²) in [6, 6.07) is 7.53. The highest BCUT2D eigenvalue weighted by Crippen LogP contribution is 2.28. The fourth-order valence-electron chi connectivity index (χ4n) is 4.74. The first-order valence-electron chi connectivity index (χ1n) is 11.1. The van der Waals surface area contributed by atoms with Crippen LogP contribution in [-0.2, 0) is 16.0 Å². The van der Waals surface area contributed by atoms with Gasteiger partial charge in [0.05, 0.1) is 5.56 Å². The molecule has 1 saturated heterocycles. The van der Waals surface area contributed by atoms with E-state index in [2.05, 4.69) is 10.6 Å². The van der Waals surface area contributed by atoms with Crippen LogP contribution in [0.15, 0.2) is 24.3 Å². The van der Waals surface area contributed by atoms with E-state index in [1.807, 2.05) is 17.0 Å². The second-order valence-corrected chi connectivity index (χ2v) is 8.97. The van der Waals surface area contributed by atoms with Crippen LogP contribution in [0.4, 0.5) is 4.79 Å². The smallest absolute Gasteiger partial charge is 0.339 e. The van der Waals surface area contributed by atoms with Crippen molar-refractivity contribution in [3.8, 4) is 0 Å². The molecule has 4 rings (SSSR count). The van der Waals surface area contributed by atoms with Crippen molar-refractivity contribution in [1.82, 2.24) is 15.5 Å². The van der Waals surface area contributed by atoms with Gasteiger partial charge in [0, 0.05) is 31.6 Å². The predicted molar refractivity (Wildman–Crippen MR) is 112 cm³/mol. The molecule has 7 heteroatoms. The Kier molecular flexibility index (Phi) is 5.97. The number of carbonyl (C=O) groups excluding carboxylic acids is 3. The summed E-state index contributed by atoms with van der Waals surface area (Å²) in [5.74, 6) is -0.723. The van der Waals surface area contributed by atoms with Crippen LogP contribution in [0.25, 0.3) is 0 Å². The molecular formula is C23H31N3O4. The third-order valence-corrected chi connectivity index (χ3v) is 6.61. The monoisotopic (exact) mass is 413 g/mol. The first-order chi connectivity index (χ1) is 14.4. The molecule has 1 aromatic carbocycles. The topological polar surface area (TPSA) is 87.7 Å². The van der Waals surface area contributed by atoms with Crippen molar-refractivity contribution in [2.75, 3.05) is 13.1 Å². The summed E-state index contributed by atoms with van der Waals surface area (Å²) in [5, 5.41) is 6.21. The highest BCUT2D eigenvalue weighted by atomic mass is 16.6. The zero-order valence-electron chi connectivity index (χ0n) is 17.6. The number of cyclic esters (lactones) is 1. The molecule has 1 saturated carbocycles. The van der Waals surface area contributed by atoms with E-state index in [4.69, 9.17) is 4.74 Å². The van der Waals surface area contributed by atoms with Crippen LogP contribution in [0, 0.1) is 0 Å². The second-order valence-electron chi connectivity index (χ2n) is 8.97. The molecule has 1 aliphatic carbocycles. The predicted octanol–water partition coefficient (Wildman–Crippen LogP) is 2.78. The molecule has 1 atom stereocenters. The number of nitrogens with zero attached hydrogens (tertiary/aromatic N) is 1. The number of fused-ring (bicyclic) bond motifs is 1. The van der Waals surface area contributed by atoms with Crippen molar-refractivity contribution in [1.29, 1.82) is 0 Å². The number of likely N-dealkylation sites (tertiary alicyclic amines) is 1. The van der Waals surface area contributed by atoms with Crippen LogP contribution in [0.2, 0.25) is 0 Å². The molecule has 3 aliphatic rings. The fourth-order valence-corrected chi connectivity index (χ4v) is 4.74. The van der Waals surface area contributed by atoms with Crippen LogP contribution >= 0.6 is 0 Å². The molecule has 2 fully saturated rings. The molecule has 0 radical (unpaired) electrons. The Morgan fingerprint density at radius 1 is 1.00 bits per heavy atom. The number of amides is 3. The molecule has 1 aromatic rings. The summed E-state index contributed by atoms with van der Waals surface area (Å²) >= 11 is 0.